The van der Waals surface area contributed by atoms with E-state index in [2.05, 4.69) is 14.9 Å². The number of nitrogens with zero attached hydrogens (tertiary/aromatic N) is 4. The maximum Gasteiger partial charge on any atom is 0.490 e. The van der Waals surface area contributed by atoms with E-state index in [0.29, 0.717) is 25.3 Å². The molecule has 2 fully saturated rings. The van der Waals surface area contributed by atoms with Gasteiger partial charge in [0.15, 0.2) is 0 Å². The van der Waals surface area contributed by atoms with E-state index in [1.54, 1.807) is 18.5 Å². The van der Waals surface area contributed by atoms with E-state index < -0.39 is 24.3 Å². The van der Waals surface area contributed by atoms with Crippen LogP contribution in [0.3, 0.4) is 0 Å². The van der Waals surface area contributed by atoms with Crippen LogP contribution in [0.15, 0.2) is 48.9 Å². The molecule has 4 heterocycles. The smallest absolute Gasteiger partial charge is 0.475 e. The van der Waals surface area contributed by atoms with Gasteiger partial charge in [-0.15, -0.1) is 0 Å². The number of amides is 1. The first-order valence-corrected chi connectivity index (χ1v) is 11.2. The molecule has 2 N–H and O–H groups in total. The number of carboxylic acid groups (broad SMARTS) is 2. The lowest BCUT2D eigenvalue weighted by molar-refractivity contribution is -0.193. The zero-order valence-electron chi connectivity index (χ0n) is 20.2. The molecular formula is C23H24F6N4O6. The van der Waals surface area contributed by atoms with E-state index in [1.165, 1.54) is 0 Å². The summed E-state index contributed by atoms with van der Waals surface area (Å²) in [7, 11) is 0. The summed E-state index contributed by atoms with van der Waals surface area (Å²) >= 11 is 0. The molecule has 2 aliphatic rings. The number of ether oxygens (including phenoxy) is 1. The SMILES string of the molecule is O=C(O)C(F)(F)F.O=C(O)C(F)(F)F.O=C(c1cccnc1)N1CCOC2(CCCN(c3ccccn3)C2)C1. The number of carbonyl (C=O) groups excluding carboxylic acids is 1. The average molecular weight is 566 g/mol. The molecule has 2 saturated heterocycles. The van der Waals surface area contributed by atoms with Crippen LogP contribution < -0.4 is 4.90 Å². The predicted octanol–water partition coefficient (Wildman–Crippen LogP) is 3.25. The molecule has 0 bridgehead atoms. The Labute approximate surface area is 217 Å². The molecule has 2 aromatic rings. The largest absolute Gasteiger partial charge is 0.490 e. The van der Waals surface area contributed by atoms with Crippen LogP contribution in [0.1, 0.15) is 23.2 Å². The second-order valence-corrected chi connectivity index (χ2v) is 8.32. The number of anilines is 1. The topological polar surface area (TPSA) is 133 Å². The zero-order chi connectivity index (χ0) is 29.3. The van der Waals surface area contributed by atoms with Crippen LogP contribution >= 0.6 is 0 Å². The van der Waals surface area contributed by atoms with Gasteiger partial charge in [0.2, 0.25) is 0 Å². The second-order valence-electron chi connectivity index (χ2n) is 8.32. The standard InChI is InChI=1S/C19H22N4O2.2C2HF3O2/c24-18(16-5-3-8-20-13-16)23-11-12-25-19(15-23)7-4-10-22(14-19)17-6-1-2-9-21-17;2*3-2(4,5)1(6)7/h1-3,5-6,8-9,13H,4,7,10-12,14-15H2;2*(H,6,7). The Morgan fingerprint density at radius 1 is 0.897 bits per heavy atom. The van der Waals surface area contributed by atoms with Gasteiger partial charge < -0.3 is 24.7 Å². The van der Waals surface area contributed by atoms with Gasteiger partial charge in [0.1, 0.15) is 11.4 Å². The molecule has 39 heavy (non-hydrogen) atoms. The number of carbonyl (C=O) groups is 3. The third-order valence-electron chi connectivity index (χ3n) is 5.44. The van der Waals surface area contributed by atoms with Crippen molar-refractivity contribution in [2.75, 3.05) is 37.7 Å². The number of carboxylic acids is 2. The van der Waals surface area contributed by atoms with Crippen LogP contribution in [-0.4, -0.2) is 93.7 Å². The third-order valence-corrected chi connectivity index (χ3v) is 5.44. The minimum absolute atomic E-state index is 0.0331. The molecule has 0 aliphatic carbocycles. The highest BCUT2D eigenvalue weighted by molar-refractivity contribution is 5.94. The van der Waals surface area contributed by atoms with Crippen LogP contribution in [-0.2, 0) is 14.3 Å². The van der Waals surface area contributed by atoms with Gasteiger partial charge in [0, 0.05) is 31.7 Å². The van der Waals surface area contributed by atoms with Crippen molar-refractivity contribution in [1.29, 1.82) is 0 Å². The number of rotatable bonds is 2. The van der Waals surface area contributed by atoms with Crippen LogP contribution in [0.4, 0.5) is 32.2 Å². The van der Waals surface area contributed by atoms with Crippen molar-refractivity contribution in [2.24, 2.45) is 0 Å². The van der Waals surface area contributed by atoms with Crippen molar-refractivity contribution < 1.29 is 55.7 Å². The maximum atomic E-state index is 12.8. The molecule has 0 aromatic carbocycles. The minimum atomic E-state index is -5.08. The summed E-state index contributed by atoms with van der Waals surface area (Å²) in [5.74, 6) is -4.51. The second kappa shape index (κ2) is 13.2. The number of halogens is 6. The normalized spacial score (nSPS) is 19.2. The molecule has 4 rings (SSSR count). The van der Waals surface area contributed by atoms with E-state index in [9.17, 15) is 31.1 Å². The molecule has 1 unspecified atom stereocenters. The van der Waals surface area contributed by atoms with Gasteiger partial charge in [-0.25, -0.2) is 14.6 Å². The van der Waals surface area contributed by atoms with E-state index in [1.807, 2.05) is 35.4 Å². The highest BCUT2D eigenvalue weighted by Gasteiger charge is 2.42. The number of morpholine rings is 1. The molecule has 1 atom stereocenters. The summed E-state index contributed by atoms with van der Waals surface area (Å²) in [4.78, 5) is 43.3. The average Bonchev–Trinajstić information content (AvgIpc) is 2.89. The van der Waals surface area contributed by atoms with Crippen LogP contribution in [0.5, 0.6) is 0 Å². The first-order chi connectivity index (χ1) is 18.1. The number of alkyl halides is 6. The van der Waals surface area contributed by atoms with Crippen molar-refractivity contribution in [3.63, 3.8) is 0 Å². The van der Waals surface area contributed by atoms with Crippen molar-refractivity contribution in [2.45, 2.75) is 30.8 Å². The van der Waals surface area contributed by atoms with Crippen LogP contribution in [0, 0.1) is 0 Å². The number of pyridine rings is 2. The molecule has 10 nitrogen and oxygen atoms in total. The molecule has 0 saturated carbocycles. The van der Waals surface area contributed by atoms with E-state index in [0.717, 1.165) is 31.7 Å². The summed E-state index contributed by atoms with van der Waals surface area (Å²) in [5.41, 5.74) is 0.322. The van der Waals surface area contributed by atoms with Crippen molar-refractivity contribution in [1.82, 2.24) is 14.9 Å². The van der Waals surface area contributed by atoms with Gasteiger partial charge in [-0.05, 0) is 37.1 Å². The fourth-order valence-corrected chi connectivity index (χ4v) is 3.77. The molecule has 0 radical (unpaired) electrons. The monoisotopic (exact) mass is 566 g/mol. The lowest BCUT2D eigenvalue weighted by atomic mass is 9.90. The summed E-state index contributed by atoms with van der Waals surface area (Å²) < 4.78 is 69.7. The van der Waals surface area contributed by atoms with Gasteiger partial charge in [0.05, 0.1) is 25.3 Å². The van der Waals surface area contributed by atoms with Crippen molar-refractivity contribution in [3.8, 4) is 0 Å². The van der Waals surface area contributed by atoms with Crippen LogP contribution in [0.25, 0.3) is 0 Å². The fourth-order valence-electron chi connectivity index (χ4n) is 3.77. The Morgan fingerprint density at radius 3 is 2.05 bits per heavy atom. The third kappa shape index (κ3) is 9.70. The molecule has 214 valence electrons. The number of piperidine rings is 1. The number of hydrogen-bond acceptors (Lipinski definition) is 7. The van der Waals surface area contributed by atoms with E-state index in [-0.39, 0.29) is 11.5 Å². The molecule has 1 amide bonds. The van der Waals surface area contributed by atoms with Gasteiger partial charge in [-0.3, -0.25) is 9.78 Å². The molecular weight excluding hydrogens is 542 g/mol. The summed E-state index contributed by atoms with van der Waals surface area (Å²) in [5, 5.41) is 14.2. The Hall–Kier alpha value is -3.95. The summed E-state index contributed by atoms with van der Waals surface area (Å²) in [6.07, 6.45) is -3.04. The molecule has 2 aliphatic heterocycles. The Bertz CT molecular complexity index is 1080. The van der Waals surface area contributed by atoms with Crippen LogP contribution in [0.2, 0.25) is 0 Å². The van der Waals surface area contributed by atoms with Gasteiger partial charge in [0.25, 0.3) is 5.91 Å². The molecule has 16 heteroatoms. The molecule has 1 spiro atoms. The Kier molecular flexibility index (Phi) is 10.6. The van der Waals surface area contributed by atoms with Crippen molar-refractivity contribution in [3.05, 3.63) is 54.5 Å². The summed E-state index contributed by atoms with van der Waals surface area (Å²) in [6.45, 7) is 3.55. The van der Waals surface area contributed by atoms with Gasteiger partial charge in [-0.2, -0.15) is 26.3 Å². The number of aromatic nitrogens is 2. The van der Waals surface area contributed by atoms with E-state index in [4.69, 9.17) is 24.5 Å². The van der Waals surface area contributed by atoms with Gasteiger partial charge >= 0.3 is 24.3 Å². The van der Waals surface area contributed by atoms with Gasteiger partial charge in [-0.1, -0.05) is 6.07 Å². The molecule has 2 aromatic heterocycles. The zero-order valence-corrected chi connectivity index (χ0v) is 20.2. The minimum Gasteiger partial charge on any atom is -0.475 e. The maximum absolute atomic E-state index is 12.8. The highest BCUT2D eigenvalue weighted by Crippen LogP contribution is 2.31. The lowest BCUT2D eigenvalue weighted by Gasteiger charge is -2.48. The summed E-state index contributed by atoms with van der Waals surface area (Å²) in [6, 6.07) is 9.57. The fraction of sp³-hybridized carbons (Fsp3) is 0.435. The Morgan fingerprint density at radius 2 is 1.54 bits per heavy atom. The Balaban J connectivity index is 0.000000317. The highest BCUT2D eigenvalue weighted by atomic mass is 19.4. The quantitative estimate of drug-likeness (QED) is 0.526. The number of aliphatic carboxylic acids is 2. The lowest BCUT2D eigenvalue weighted by Crippen LogP contribution is -2.61. The first kappa shape index (κ1) is 31.3. The first-order valence-electron chi connectivity index (χ1n) is 11.2. The number of hydrogen-bond donors (Lipinski definition) is 2. The van der Waals surface area contributed by atoms with Crippen molar-refractivity contribution >= 4 is 23.7 Å². The van der Waals surface area contributed by atoms with E-state index >= 15 is 0 Å². The predicted molar refractivity (Wildman–Crippen MR) is 122 cm³/mol.